The van der Waals surface area contributed by atoms with Crippen molar-refractivity contribution >= 4 is 39.1 Å². The van der Waals surface area contributed by atoms with Gasteiger partial charge in [0.2, 0.25) is 0 Å². The highest BCUT2D eigenvalue weighted by atomic mass is 32.1. The van der Waals surface area contributed by atoms with Crippen LogP contribution in [0.5, 0.6) is 0 Å². The number of thiophene rings is 1. The molecule has 5 rings (SSSR count). The molecule has 1 N–H and O–H groups in total. The first-order chi connectivity index (χ1) is 16.5. The SMILES string of the molecule is N#Cc1ccc(-c2nc(NC(=O)c3ccc([N+](=O)[O-])s3)c3cnn(-c4ccccc4)c3n2)cc1. The molecule has 3 heterocycles. The van der Waals surface area contributed by atoms with E-state index < -0.39 is 10.8 Å². The molecule has 164 valence electrons. The number of nitro groups is 1. The molecule has 10 nitrogen and oxygen atoms in total. The molecule has 3 aromatic heterocycles. The summed E-state index contributed by atoms with van der Waals surface area (Å²) in [6, 6.07) is 20.9. The summed E-state index contributed by atoms with van der Waals surface area (Å²) in [5, 5.41) is 27.6. The summed E-state index contributed by atoms with van der Waals surface area (Å²) in [7, 11) is 0. The van der Waals surface area contributed by atoms with Crippen LogP contribution in [0.2, 0.25) is 0 Å². The molecule has 0 spiro atoms. The van der Waals surface area contributed by atoms with Crippen molar-refractivity contribution in [2.75, 3.05) is 5.32 Å². The Bertz CT molecular complexity index is 1580. The number of para-hydroxylation sites is 1. The van der Waals surface area contributed by atoms with Gasteiger partial charge in [-0.2, -0.15) is 10.4 Å². The highest BCUT2D eigenvalue weighted by Gasteiger charge is 2.20. The standard InChI is InChI=1S/C23H13N7O3S/c24-12-14-6-8-15(9-7-14)20-26-21(28-23(31)18-10-11-19(34-18)30(32)33)17-13-25-29(22(17)27-20)16-4-2-1-3-5-16/h1-11,13H,(H,26,27,28,31). The third kappa shape index (κ3) is 3.85. The summed E-state index contributed by atoms with van der Waals surface area (Å²) < 4.78 is 1.63. The average molecular weight is 467 g/mol. The van der Waals surface area contributed by atoms with Gasteiger partial charge in [0.25, 0.3) is 5.91 Å². The molecular weight excluding hydrogens is 454 g/mol. The number of fused-ring (bicyclic) bond motifs is 1. The van der Waals surface area contributed by atoms with Crippen LogP contribution >= 0.6 is 11.3 Å². The van der Waals surface area contributed by atoms with Gasteiger partial charge in [0, 0.05) is 11.6 Å². The first-order valence-electron chi connectivity index (χ1n) is 9.91. The maximum Gasteiger partial charge on any atom is 0.324 e. The van der Waals surface area contributed by atoms with Crippen LogP contribution in [-0.2, 0) is 0 Å². The zero-order chi connectivity index (χ0) is 23.7. The minimum Gasteiger partial charge on any atom is -0.305 e. The molecule has 0 aliphatic heterocycles. The van der Waals surface area contributed by atoms with Crippen molar-refractivity contribution in [2.24, 2.45) is 0 Å². The van der Waals surface area contributed by atoms with Crippen molar-refractivity contribution in [3.05, 3.63) is 93.5 Å². The molecule has 0 bridgehead atoms. The van der Waals surface area contributed by atoms with E-state index >= 15 is 0 Å². The first kappa shape index (κ1) is 20.9. The molecule has 34 heavy (non-hydrogen) atoms. The Morgan fingerprint density at radius 1 is 1.06 bits per heavy atom. The van der Waals surface area contributed by atoms with Gasteiger partial charge in [0.15, 0.2) is 11.5 Å². The van der Waals surface area contributed by atoms with Crippen molar-refractivity contribution in [1.29, 1.82) is 5.26 Å². The van der Waals surface area contributed by atoms with Gasteiger partial charge in [0.1, 0.15) is 5.82 Å². The number of benzene rings is 2. The van der Waals surface area contributed by atoms with Crippen molar-refractivity contribution in [1.82, 2.24) is 19.7 Å². The average Bonchev–Trinajstić information content (AvgIpc) is 3.53. The van der Waals surface area contributed by atoms with Crippen molar-refractivity contribution in [3.63, 3.8) is 0 Å². The van der Waals surface area contributed by atoms with E-state index in [-0.39, 0.29) is 15.7 Å². The Morgan fingerprint density at radius 2 is 1.82 bits per heavy atom. The summed E-state index contributed by atoms with van der Waals surface area (Å²) in [6.07, 6.45) is 1.55. The third-order valence-electron chi connectivity index (χ3n) is 4.93. The van der Waals surface area contributed by atoms with E-state index in [2.05, 4.69) is 26.5 Å². The lowest BCUT2D eigenvalue weighted by molar-refractivity contribution is -0.380. The lowest BCUT2D eigenvalue weighted by Crippen LogP contribution is -2.12. The van der Waals surface area contributed by atoms with Gasteiger partial charge >= 0.3 is 5.00 Å². The van der Waals surface area contributed by atoms with Gasteiger partial charge in [0.05, 0.1) is 38.7 Å². The molecule has 0 fully saturated rings. The second-order valence-electron chi connectivity index (χ2n) is 7.06. The van der Waals surface area contributed by atoms with Crippen molar-refractivity contribution < 1.29 is 9.72 Å². The van der Waals surface area contributed by atoms with Crippen molar-refractivity contribution in [2.45, 2.75) is 0 Å². The normalized spacial score (nSPS) is 10.7. The number of amides is 1. The molecule has 0 unspecified atom stereocenters. The largest absolute Gasteiger partial charge is 0.324 e. The number of aromatic nitrogens is 4. The fourth-order valence-corrected chi connectivity index (χ4v) is 4.02. The van der Waals surface area contributed by atoms with Crippen LogP contribution in [0.15, 0.2) is 72.9 Å². The highest BCUT2D eigenvalue weighted by Crippen LogP contribution is 2.29. The van der Waals surface area contributed by atoms with Crippen LogP contribution in [0, 0.1) is 21.4 Å². The number of nitriles is 1. The highest BCUT2D eigenvalue weighted by molar-refractivity contribution is 7.17. The number of hydrogen-bond donors (Lipinski definition) is 1. The third-order valence-corrected chi connectivity index (χ3v) is 5.96. The summed E-state index contributed by atoms with van der Waals surface area (Å²) in [4.78, 5) is 32.7. The number of carbonyl (C=O) groups is 1. The second kappa shape index (κ2) is 8.53. The summed E-state index contributed by atoms with van der Waals surface area (Å²) >= 11 is 0.775. The Morgan fingerprint density at radius 3 is 2.50 bits per heavy atom. The Kier molecular flexibility index (Phi) is 5.25. The molecule has 5 aromatic rings. The summed E-state index contributed by atoms with van der Waals surface area (Å²) in [5.74, 6) is 0.00562. The maximum absolute atomic E-state index is 12.9. The number of carbonyl (C=O) groups excluding carboxylic acids is 1. The zero-order valence-electron chi connectivity index (χ0n) is 17.2. The van der Waals surface area contributed by atoms with E-state index in [1.807, 2.05) is 30.3 Å². The van der Waals surface area contributed by atoms with Crippen LogP contribution in [-0.4, -0.2) is 30.6 Å². The van der Waals surface area contributed by atoms with Gasteiger partial charge in [-0.1, -0.05) is 29.5 Å². The smallest absolute Gasteiger partial charge is 0.305 e. The molecular formula is C23H13N7O3S. The molecule has 0 aliphatic carbocycles. The van der Waals surface area contributed by atoms with Crippen LogP contribution in [0.25, 0.3) is 28.1 Å². The van der Waals surface area contributed by atoms with E-state index in [9.17, 15) is 14.9 Å². The first-order valence-corrected chi connectivity index (χ1v) is 10.7. The van der Waals surface area contributed by atoms with Gasteiger partial charge in [-0.05, 0) is 42.5 Å². The minimum atomic E-state index is -0.544. The quantitative estimate of drug-likeness (QED) is 0.295. The van der Waals surface area contributed by atoms with Gasteiger partial charge in [-0.3, -0.25) is 14.9 Å². The Labute approximate surface area is 195 Å². The van der Waals surface area contributed by atoms with Crippen LogP contribution in [0.1, 0.15) is 15.2 Å². The summed E-state index contributed by atoms with van der Waals surface area (Å²) in [6.45, 7) is 0. The predicted molar refractivity (Wildman–Crippen MR) is 126 cm³/mol. The lowest BCUT2D eigenvalue weighted by Gasteiger charge is -2.09. The van der Waals surface area contributed by atoms with Gasteiger partial charge in [-0.15, -0.1) is 0 Å². The molecule has 2 aromatic carbocycles. The van der Waals surface area contributed by atoms with E-state index in [0.717, 1.165) is 17.0 Å². The van der Waals surface area contributed by atoms with Crippen LogP contribution in [0.4, 0.5) is 10.8 Å². The van der Waals surface area contributed by atoms with E-state index in [1.54, 1.807) is 35.1 Å². The number of nitrogens with one attached hydrogen (secondary N) is 1. The fraction of sp³-hybridized carbons (Fsp3) is 0. The second-order valence-corrected chi connectivity index (χ2v) is 8.13. The predicted octanol–water partition coefficient (Wildman–Crippen LogP) is 4.58. The van der Waals surface area contributed by atoms with Gasteiger partial charge < -0.3 is 5.32 Å². The molecule has 0 saturated heterocycles. The van der Waals surface area contributed by atoms with E-state index in [4.69, 9.17) is 5.26 Å². The fourth-order valence-electron chi connectivity index (χ4n) is 3.30. The maximum atomic E-state index is 12.9. The topological polar surface area (TPSA) is 140 Å². The Hall–Kier alpha value is -4.95. The monoisotopic (exact) mass is 467 g/mol. The molecule has 1 amide bonds. The molecule has 11 heteroatoms. The van der Waals surface area contributed by atoms with Gasteiger partial charge in [-0.25, -0.2) is 14.6 Å². The number of hydrogen-bond acceptors (Lipinski definition) is 8. The number of anilines is 1. The zero-order valence-corrected chi connectivity index (χ0v) is 18.1. The molecule has 0 atom stereocenters. The van der Waals surface area contributed by atoms with Crippen LogP contribution < -0.4 is 5.32 Å². The van der Waals surface area contributed by atoms with E-state index in [0.29, 0.717) is 28.0 Å². The number of rotatable bonds is 5. The summed E-state index contributed by atoms with van der Waals surface area (Å²) in [5.41, 5.74) is 2.37. The number of nitrogens with zero attached hydrogens (tertiary/aromatic N) is 6. The van der Waals surface area contributed by atoms with Crippen molar-refractivity contribution in [3.8, 4) is 23.1 Å². The molecule has 0 saturated carbocycles. The molecule has 0 radical (unpaired) electrons. The van der Waals surface area contributed by atoms with Crippen LogP contribution in [0.3, 0.4) is 0 Å². The van der Waals surface area contributed by atoms with E-state index in [1.165, 1.54) is 12.1 Å². The lowest BCUT2D eigenvalue weighted by atomic mass is 10.1. The minimum absolute atomic E-state index is 0.131. The molecule has 0 aliphatic rings. The Balaban J connectivity index is 1.63.